The number of fused-ring (bicyclic) bond motifs is 2. The first-order valence-electron chi connectivity index (χ1n) is 8.64. The molecule has 6 heteroatoms. The van der Waals surface area contributed by atoms with Crippen molar-refractivity contribution in [3.05, 3.63) is 52.3 Å². The van der Waals surface area contributed by atoms with Crippen molar-refractivity contribution in [3.63, 3.8) is 0 Å². The molecule has 0 aliphatic carbocycles. The highest BCUT2D eigenvalue weighted by molar-refractivity contribution is 6.30. The zero-order valence-corrected chi connectivity index (χ0v) is 15.5. The summed E-state index contributed by atoms with van der Waals surface area (Å²) in [7, 11) is 3.96. The van der Waals surface area contributed by atoms with Crippen LogP contribution in [0.1, 0.15) is 23.2 Å². The molecule has 4 rings (SSSR count). The monoisotopic (exact) mass is 358 g/mol. The third-order valence-corrected chi connectivity index (χ3v) is 5.35. The van der Waals surface area contributed by atoms with Gasteiger partial charge in [-0.1, -0.05) is 23.7 Å². The van der Waals surface area contributed by atoms with Crippen LogP contribution in [0.15, 0.2) is 30.5 Å². The molecule has 1 atom stereocenters. The molecule has 0 saturated carbocycles. The Morgan fingerprint density at radius 1 is 1.36 bits per heavy atom. The molecule has 5 nitrogen and oxygen atoms in total. The molecule has 25 heavy (non-hydrogen) atoms. The van der Waals surface area contributed by atoms with Gasteiger partial charge in [0.05, 0.1) is 24.3 Å². The molecule has 1 spiro atoms. The molecule has 132 valence electrons. The summed E-state index contributed by atoms with van der Waals surface area (Å²) in [6.07, 6.45) is 2.99. The van der Waals surface area contributed by atoms with Crippen molar-refractivity contribution in [1.29, 1.82) is 0 Å². The predicted octanol–water partition coefficient (Wildman–Crippen LogP) is 2.87. The number of halogens is 1. The Hall–Kier alpha value is -1.69. The lowest BCUT2D eigenvalue weighted by atomic mass is 9.80. The quantitative estimate of drug-likeness (QED) is 0.844. The maximum Gasteiger partial charge on any atom is 0.225 e. The molecule has 3 heterocycles. The van der Waals surface area contributed by atoms with Gasteiger partial charge in [-0.2, -0.15) is 0 Å². The van der Waals surface area contributed by atoms with Crippen LogP contribution in [-0.4, -0.2) is 48.7 Å². The van der Waals surface area contributed by atoms with Crippen molar-refractivity contribution in [3.8, 4) is 0 Å². The van der Waals surface area contributed by atoms with Crippen LogP contribution in [0.25, 0.3) is 0 Å². The fourth-order valence-electron chi connectivity index (χ4n) is 3.90. The first-order valence-corrected chi connectivity index (χ1v) is 9.02. The highest BCUT2D eigenvalue weighted by Gasteiger charge is 2.44. The van der Waals surface area contributed by atoms with Crippen LogP contribution in [0.5, 0.6) is 0 Å². The Kier molecular flexibility index (Phi) is 4.40. The van der Waals surface area contributed by atoms with E-state index in [2.05, 4.69) is 16.0 Å². The van der Waals surface area contributed by atoms with Crippen LogP contribution < -0.4 is 4.90 Å². The summed E-state index contributed by atoms with van der Waals surface area (Å²) >= 11 is 6.13. The molecule has 2 aliphatic heterocycles. The van der Waals surface area contributed by atoms with Crippen molar-refractivity contribution in [2.24, 2.45) is 0 Å². The van der Waals surface area contributed by atoms with E-state index in [0.29, 0.717) is 6.61 Å². The zero-order valence-electron chi connectivity index (χ0n) is 14.7. The second-order valence-electron chi connectivity index (χ2n) is 7.30. The topological polar surface area (TPSA) is 41.5 Å². The van der Waals surface area contributed by atoms with E-state index in [1.165, 1.54) is 11.3 Å². The number of nitrogens with zero attached hydrogens (tertiary/aromatic N) is 4. The largest absolute Gasteiger partial charge is 0.376 e. The normalized spacial score (nSPS) is 23.0. The van der Waals surface area contributed by atoms with Crippen molar-refractivity contribution in [2.75, 3.05) is 38.7 Å². The van der Waals surface area contributed by atoms with Crippen LogP contribution >= 0.6 is 11.6 Å². The lowest BCUT2D eigenvalue weighted by Crippen LogP contribution is -2.40. The number of likely N-dealkylation sites (tertiary alicyclic amines) is 1. The molecule has 0 unspecified atom stereocenters. The number of hydrogen-bond donors (Lipinski definition) is 0. The van der Waals surface area contributed by atoms with E-state index in [0.717, 1.165) is 49.2 Å². The highest BCUT2D eigenvalue weighted by atomic mass is 35.5. The molecule has 0 bridgehead atoms. The van der Waals surface area contributed by atoms with E-state index in [9.17, 15) is 0 Å². The van der Waals surface area contributed by atoms with E-state index in [1.807, 2.05) is 43.4 Å². The number of anilines is 1. The highest BCUT2D eigenvalue weighted by Crippen LogP contribution is 2.39. The molecule has 1 aromatic heterocycles. The van der Waals surface area contributed by atoms with Crippen molar-refractivity contribution < 1.29 is 4.74 Å². The minimum absolute atomic E-state index is 0.0279. The fourth-order valence-corrected chi connectivity index (χ4v) is 4.11. The third-order valence-electron chi connectivity index (χ3n) is 5.12. The van der Waals surface area contributed by atoms with E-state index < -0.39 is 0 Å². The van der Waals surface area contributed by atoms with E-state index in [1.54, 1.807) is 0 Å². The molecule has 0 amide bonds. The van der Waals surface area contributed by atoms with Gasteiger partial charge in [-0.25, -0.2) is 9.97 Å². The fraction of sp³-hybridized carbons (Fsp3) is 0.474. The molecule has 2 aromatic rings. The van der Waals surface area contributed by atoms with Crippen LogP contribution in [0, 0.1) is 0 Å². The summed E-state index contributed by atoms with van der Waals surface area (Å²) in [6.45, 7) is 4.24. The average molecular weight is 359 g/mol. The smallest absolute Gasteiger partial charge is 0.225 e. The Morgan fingerprint density at radius 3 is 3.04 bits per heavy atom. The van der Waals surface area contributed by atoms with Gasteiger partial charge >= 0.3 is 0 Å². The number of ether oxygens (including phenoxy) is 1. The van der Waals surface area contributed by atoms with Crippen LogP contribution in [-0.2, 0) is 23.3 Å². The summed E-state index contributed by atoms with van der Waals surface area (Å²) in [6, 6.07) is 8.11. The number of aromatic nitrogens is 2. The van der Waals surface area contributed by atoms with Gasteiger partial charge < -0.3 is 9.64 Å². The molecule has 1 fully saturated rings. The molecule has 0 radical (unpaired) electrons. The van der Waals surface area contributed by atoms with Gasteiger partial charge in [0.25, 0.3) is 0 Å². The SMILES string of the molecule is CN(C)c1ncc2c(n1)[C@@]1(CCN(Cc3cccc(Cl)c3)C1)COC2. The van der Waals surface area contributed by atoms with Gasteiger partial charge in [0.1, 0.15) is 0 Å². The standard InChI is InChI=1S/C19H23ClN4O/c1-23(2)18-21-9-15-11-25-13-19(17(15)22-18)6-7-24(12-19)10-14-4-3-5-16(20)8-14/h3-5,8-9H,6-7,10-13H2,1-2H3/t19-/m1/s1. The molecule has 2 aliphatic rings. The molecule has 0 N–H and O–H groups in total. The van der Waals surface area contributed by atoms with E-state index in [4.69, 9.17) is 21.3 Å². The Bertz CT molecular complexity index is 782. The lowest BCUT2D eigenvalue weighted by molar-refractivity contribution is 0.0503. The summed E-state index contributed by atoms with van der Waals surface area (Å²) < 4.78 is 5.91. The Balaban J connectivity index is 1.59. The second kappa shape index (κ2) is 6.56. The summed E-state index contributed by atoms with van der Waals surface area (Å²) in [5.41, 5.74) is 3.52. The lowest BCUT2D eigenvalue weighted by Gasteiger charge is -2.34. The number of benzene rings is 1. The van der Waals surface area contributed by atoms with E-state index in [-0.39, 0.29) is 5.41 Å². The zero-order chi connectivity index (χ0) is 17.4. The predicted molar refractivity (Wildman–Crippen MR) is 99.0 cm³/mol. The van der Waals surface area contributed by atoms with Gasteiger partial charge in [-0.15, -0.1) is 0 Å². The maximum absolute atomic E-state index is 6.13. The van der Waals surface area contributed by atoms with Gasteiger partial charge in [-0.3, -0.25) is 4.90 Å². The van der Waals surface area contributed by atoms with Crippen molar-refractivity contribution >= 4 is 17.5 Å². The molecular weight excluding hydrogens is 336 g/mol. The summed E-state index contributed by atoms with van der Waals surface area (Å²) in [5, 5.41) is 0.793. The van der Waals surface area contributed by atoms with Crippen LogP contribution in [0.4, 0.5) is 5.95 Å². The molecular formula is C19H23ClN4O. The van der Waals surface area contributed by atoms with Crippen LogP contribution in [0.2, 0.25) is 5.02 Å². The summed E-state index contributed by atoms with van der Waals surface area (Å²) in [4.78, 5) is 13.8. The second-order valence-corrected chi connectivity index (χ2v) is 7.74. The minimum Gasteiger partial charge on any atom is -0.376 e. The minimum atomic E-state index is -0.0279. The number of hydrogen-bond acceptors (Lipinski definition) is 5. The molecule has 1 saturated heterocycles. The molecule has 1 aromatic carbocycles. The van der Waals surface area contributed by atoms with Gasteiger partial charge in [0.2, 0.25) is 5.95 Å². The van der Waals surface area contributed by atoms with E-state index >= 15 is 0 Å². The maximum atomic E-state index is 6.13. The first-order chi connectivity index (χ1) is 12.1. The van der Waals surface area contributed by atoms with Gasteiger partial charge in [0, 0.05) is 44.0 Å². The van der Waals surface area contributed by atoms with Gasteiger partial charge in [0.15, 0.2) is 0 Å². The third kappa shape index (κ3) is 3.24. The van der Waals surface area contributed by atoms with Crippen LogP contribution in [0.3, 0.4) is 0 Å². The Morgan fingerprint density at radius 2 is 2.24 bits per heavy atom. The Labute approximate surface area is 153 Å². The number of rotatable bonds is 3. The van der Waals surface area contributed by atoms with Crippen molar-refractivity contribution in [2.45, 2.75) is 25.0 Å². The first kappa shape index (κ1) is 16.8. The van der Waals surface area contributed by atoms with Crippen molar-refractivity contribution in [1.82, 2.24) is 14.9 Å². The summed E-state index contributed by atoms with van der Waals surface area (Å²) in [5.74, 6) is 0.772. The van der Waals surface area contributed by atoms with Gasteiger partial charge in [-0.05, 0) is 30.7 Å². The average Bonchev–Trinajstić information content (AvgIpc) is 2.98.